The van der Waals surface area contributed by atoms with Gasteiger partial charge in [-0.1, -0.05) is 22.0 Å². The van der Waals surface area contributed by atoms with Gasteiger partial charge in [0.2, 0.25) is 0 Å². The van der Waals surface area contributed by atoms with Crippen LogP contribution in [0, 0.1) is 5.41 Å². The van der Waals surface area contributed by atoms with Gasteiger partial charge in [0.05, 0.1) is 25.9 Å². The number of hydrogen-bond donors (Lipinski definition) is 0. The van der Waals surface area contributed by atoms with Crippen molar-refractivity contribution in [1.82, 2.24) is 0 Å². The highest BCUT2D eigenvalue weighted by Gasteiger charge is 2.49. The minimum atomic E-state index is -4.47. The summed E-state index contributed by atoms with van der Waals surface area (Å²) in [6, 6.07) is 3.85. The maximum Gasteiger partial charge on any atom is 0.416 e. The molecule has 0 spiro atoms. The van der Waals surface area contributed by atoms with E-state index in [-0.39, 0.29) is 25.2 Å². The molecule has 1 aromatic rings. The van der Waals surface area contributed by atoms with E-state index >= 15 is 0 Å². The standard InChI is InChI=1S/C13H12BrF3O3/c1-19-11(18)12(6-20-7-12)5-8-9(13(15,16)17)3-2-4-10(8)14/h2-4H,5-7H2,1H3. The molecule has 0 aromatic heterocycles. The van der Waals surface area contributed by atoms with Gasteiger partial charge in [-0.05, 0) is 24.1 Å². The van der Waals surface area contributed by atoms with Crippen molar-refractivity contribution in [1.29, 1.82) is 0 Å². The Morgan fingerprint density at radius 3 is 2.55 bits per heavy atom. The molecule has 0 radical (unpaired) electrons. The topological polar surface area (TPSA) is 35.5 Å². The van der Waals surface area contributed by atoms with Crippen LogP contribution in [0.25, 0.3) is 0 Å². The van der Waals surface area contributed by atoms with Crippen LogP contribution in [-0.4, -0.2) is 26.3 Å². The van der Waals surface area contributed by atoms with Gasteiger partial charge in [-0.2, -0.15) is 13.2 Å². The van der Waals surface area contributed by atoms with Crippen LogP contribution in [0.2, 0.25) is 0 Å². The number of alkyl halides is 3. The highest BCUT2D eigenvalue weighted by atomic mass is 79.9. The van der Waals surface area contributed by atoms with E-state index in [2.05, 4.69) is 20.7 Å². The Kier molecular flexibility index (Phi) is 4.11. The third-order valence-electron chi connectivity index (χ3n) is 3.31. The fourth-order valence-corrected chi connectivity index (χ4v) is 2.71. The molecule has 1 heterocycles. The van der Waals surface area contributed by atoms with E-state index in [1.54, 1.807) is 0 Å². The summed E-state index contributed by atoms with van der Waals surface area (Å²) in [4.78, 5) is 11.8. The van der Waals surface area contributed by atoms with Crippen LogP contribution in [0.15, 0.2) is 22.7 Å². The number of esters is 1. The van der Waals surface area contributed by atoms with Crippen LogP contribution in [0.1, 0.15) is 11.1 Å². The lowest BCUT2D eigenvalue weighted by Crippen LogP contribution is -2.51. The molecule has 0 saturated carbocycles. The van der Waals surface area contributed by atoms with E-state index < -0.39 is 23.1 Å². The van der Waals surface area contributed by atoms with Crippen molar-refractivity contribution in [3.8, 4) is 0 Å². The lowest BCUT2D eigenvalue weighted by Gasteiger charge is -2.39. The second-order valence-electron chi connectivity index (χ2n) is 4.71. The maximum absolute atomic E-state index is 13.0. The van der Waals surface area contributed by atoms with E-state index in [9.17, 15) is 18.0 Å². The van der Waals surface area contributed by atoms with Gasteiger partial charge >= 0.3 is 12.1 Å². The lowest BCUT2D eigenvalue weighted by molar-refractivity contribution is -0.183. The molecule has 20 heavy (non-hydrogen) atoms. The van der Waals surface area contributed by atoms with Crippen LogP contribution in [-0.2, 0) is 26.9 Å². The number of hydrogen-bond acceptors (Lipinski definition) is 3. The number of rotatable bonds is 3. The summed E-state index contributed by atoms with van der Waals surface area (Å²) in [5.41, 5.74) is -1.73. The Bertz CT molecular complexity index is 524. The fourth-order valence-electron chi connectivity index (χ4n) is 2.20. The van der Waals surface area contributed by atoms with Crippen molar-refractivity contribution in [2.24, 2.45) is 5.41 Å². The van der Waals surface area contributed by atoms with Crippen LogP contribution < -0.4 is 0 Å². The molecule has 0 atom stereocenters. The molecule has 1 aromatic carbocycles. The number of carbonyl (C=O) groups is 1. The first kappa shape index (κ1) is 15.3. The summed E-state index contributed by atoms with van der Waals surface area (Å²) in [6.45, 7) is 0.136. The molecule has 1 aliphatic heterocycles. The Morgan fingerprint density at radius 2 is 2.10 bits per heavy atom. The molecule has 2 rings (SSSR count). The average Bonchev–Trinajstić information content (AvgIpc) is 2.33. The fraction of sp³-hybridized carbons (Fsp3) is 0.462. The number of methoxy groups -OCH3 is 1. The number of benzene rings is 1. The van der Waals surface area contributed by atoms with E-state index in [0.717, 1.165) is 6.07 Å². The van der Waals surface area contributed by atoms with Crippen molar-refractivity contribution in [3.05, 3.63) is 33.8 Å². The first-order valence-corrected chi connectivity index (χ1v) is 6.60. The molecule has 1 saturated heterocycles. The normalized spacial score (nSPS) is 17.4. The van der Waals surface area contributed by atoms with Crippen molar-refractivity contribution >= 4 is 21.9 Å². The summed E-state index contributed by atoms with van der Waals surface area (Å²) in [7, 11) is 1.22. The molecule has 7 heteroatoms. The third kappa shape index (κ3) is 2.69. The van der Waals surface area contributed by atoms with Crippen molar-refractivity contribution in [2.45, 2.75) is 12.6 Å². The van der Waals surface area contributed by atoms with Gasteiger partial charge in [0, 0.05) is 4.47 Å². The smallest absolute Gasteiger partial charge is 0.416 e. The summed E-state index contributed by atoms with van der Waals surface area (Å²) in [5, 5.41) is 0. The minimum absolute atomic E-state index is 0.0497. The Hall–Kier alpha value is -1.08. The molecular formula is C13H12BrF3O3. The molecule has 0 N–H and O–H groups in total. The molecule has 0 unspecified atom stereocenters. The second kappa shape index (κ2) is 5.37. The van der Waals surface area contributed by atoms with Gasteiger partial charge in [0.15, 0.2) is 0 Å². The number of halogens is 4. The summed E-state index contributed by atoms with van der Waals surface area (Å²) < 4.78 is 49.1. The van der Waals surface area contributed by atoms with Crippen LogP contribution in [0.5, 0.6) is 0 Å². The molecule has 0 amide bonds. The van der Waals surface area contributed by atoms with Gasteiger partial charge in [-0.25, -0.2) is 0 Å². The van der Waals surface area contributed by atoms with Gasteiger partial charge in [-0.15, -0.1) is 0 Å². The molecule has 110 valence electrons. The molecule has 1 fully saturated rings. The first-order valence-electron chi connectivity index (χ1n) is 5.81. The van der Waals surface area contributed by atoms with Gasteiger partial charge < -0.3 is 9.47 Å². The van der Waals surface area contributed by atoms with Gasteiger partial charge in [-0.3, -0.25) is 4.79 Å². The van der Waals surface area contributed by atoms with Crippen LogP contribution >= 0.6 is 15.9 Å². The Labute approximate surface area is 122 Å². The Morgan fingerprint density at radius 1 is 1.45 bits per heavy atom. The zero-order valence-corrected chi connectivity index (χ0v) is 12.2. The minimum Gasteiger partial charge on any atom is -0.468 e. The molecule has 0 aliphatic carbocycles. The third-order valence-corrected chi connectivity index (χ3v) is 4.06. The van der Waals surface area contributed by atoms with E-state index in [1.807, 2.05) is 0 Å². The highest BCUT2D eigenvalue weighted by molar-refractivity contribution is 9.10. The largest absolute Gasteiger partial charge is 0.468 e. The maximum atomic E-state index is 13.0. The van der Waals surface area contributed by atoms with Crippen molar-refractivity contribution < 1.29 is 27.4 Å². The van der Waals surface area contributed by atoms with Crippen molar-refractivity contribution in [3.63, 3.8) is 0 Å². The predicted octanol–water partition coefficient (Wildman–Crippen LogP) is 3.20. The first-order chi connectivity index (χ1) is 9.30. The van der Waals surface area contributed by atoms with Gasteiger partial charge in [0.25, 0.3) is 0 Å². The number of carbonyl (C=O) groups excluding carboxylic acids is 1. The van der Waals surface area contributed by atoms with E-state index in [0.29, 0.717) is 4.47 Å². The van der Waals surface area contributed by atoms with Gasteiger partial charge in [0.1, 0.15) is 5.41 Å². The Balaban J connectivity index is 2.41. The SMILES string of the molecule is COC(=O)C1(Cc2c(Br)cccc2C(F)(F)F)COC1. The van der Waals surface area contributed by atoms with Crippen molar-refractivity contribution in [2.75, 3.05) is 20.3 Å². The molecule has 3 nitrogen and oxygen atoms in total. The summed E-state index contributed by atoms with van der Waals surface area (Å²) in [5.74, 6) is -0.548. The molecular weight excluding hydrogens is 341 g/mol. The zero-order chi connectivity index (χ0) is 15.0. The quantitative estimate of drug-likeness (QED) is 0.783. The predicted molar refractivity (Wildman–Crippen MR) is 68.1 cm³/mol. The average molecular weight is 353 g/mol. The highest BCUT2D eigenvalue weighted by Crippen LogP contribution is 2.41. The van der Waals surface area contributed by atoms with E-state index in [4.69, 9.17) is 4.74 Å². The monoisotopic (exact) mass is 352 g/mol. The summed E-state index contributed by atoms with van der Waals surface area (Å²) in [6.07, 6.45) is -4.54. The summed E-state index contributed by atoms with van der Waals surface area (Å²) >= 11 is 3.12. The molecule has 1 aliphatic rings. The van der Waals surface area contributed by atoms with E-state index in [1.165, 1.54) is 19.2 Å². The molecule has 0 bridgehead atoms. The zero-order valence-electron chi connectivity index (χ0n) is 10.6. The lowest BCUT2D eigenvalue weighted by atomic mass is 9.78. The second-order valence-corrected chi connectivity index (χ2v) is 5.56. The van der Waals surface area contributed by atoms with Crippen LogP contribution in [0.4, 0.5) is 13.2 Å². The van der Waals surface area contributed by atoms with Crippen LogP contribution in [0.3, 0.4) is 0 Å². The number of ether oxygens (including phenoxy) is 2.